The van der Waals surface area contributed by atoms with Gasteiger partial charge in [-0.2, -0.15) is 0 Å². The van der Waals surface area contributed by atoms with Crippen molar-refractivity contribution >= 4 is 12.6 Å². The van der Waals surface area contributed by atoms with Crippen LogP contribution >= 0.6 is 12.6 Å². The van der Waals surface area contributed by atoms with Gasteiger partial charge >= 0.3 is 0 Å². The van der Waals surface area contributed by atoms with Crippen molar-refractivity contribution in [3.8, 4) is 0 Å². The molecule has 1 radical (unpaired) electrons. The van der Waals surface area contributed by atoms with Crippen molar-refractivity contribution in [2.24, 2.45) is 5.92 Å². The quantitative estimate of drug-likeness (QED) is 0.661. The molecule has 0 N–H and O–H groups in total. The molecule has 0 saturated heterocycles. The molecule has 0 heterocycles. The van der Waals surface area contributed by atoms with Crippen molar-refractivity contribution in [1.82, 2.24) is 0 Å². The second-order valence-corrected chi connectivity index (χ2v) is 3.77. The first-order chi connectivity index (χ1) is 5.74. The molecule has 65 valence electrons. The Kier molecular flexibility index (Phi) is 3.54. The van der Waals surface area contributed by atoms with Crippen LogP contribution in [-0.4, -0.2) is 0 Å². The van der Waals surface area contributed by atoms with Gasteiger partial charge in [-0.25, -0.2) is 0 Å². The van der Waals surface area contributed by atoms with E-state index < -0.39 is 0 Å². The summed E-state index contributed by atoms with van der Waals surface area (Å²) in [6, 6.07) is 8.21. The number of hydrogen-bond donors (Lipinski definition) is 0. The maximum atomic E-state index is 5.22. The highest BCUT2D eigenvalue weighted by atomic mass is 32.1. The summed E-state index contributed by atoms with van der Waals surface area (Å²) in [4.78, 5) is 1.01. The van der Waals surface area contributed by atoms with Gasteiger partial charge in [0.25, 0.3) is 0 Å². The Balaban J connectivity index is 2.69. The summed E-state index contributed by atoms with van der Waals surface area (Å²) in [6.07, 6.45) is 2.35. The Labute approximate surface area is 80.4 Å². The first kappa shape index (κ1) is 9.53. The third kappa shape index (κ3) is 2.49. The predicted molar refractivity (Wildman–Crippen MR) is 55.5 cm³/mol. The molecule has 0 bridgehead atoms. The van der Waals surface area contributed by atoms with Crippen molar-refractivity contribution in [1.29, 1.82) is 0 Å². The fraction of sp³-hybridized carbons (Fsp3) is 0.455. The van der Waals surface area contributed by atoms with Crippen molar-refractivity contribution in [2.45, 2.75) is 31.6 Å². The van der Waals surface area contributed by atoms with Crippen LogP contribution in [0.5, 0.6) is 0 Å². The summed E-state index contributed by atoms with van der Waals surface area (Å²) in [5, 5.41) is 0. The van der Waals surface area contributed by atoms with Gasteiger partial charge in [0.1, 0.15) is 0 Å². The van der Waals surface area contributed by atoms with E-state index in [0.717, 1.165) is 17.2 Å². The van der Waals surface area contributed by atoms with Gasteiger partial charge in [-0.3, -0.25) is 0 Å². The van der Waals surface area contributed by atoms with Crippen LogP contribution in [0.2, 0.25) is 0 Å². The van der Waals surface area contributed by atoms with E-state index in [0.29, 0.717) is 0 Å². The average Bonchev–Trinajstić information content (AvgIpc) is 2.09. The van der Waals surface area contributed by atoms with Crippen LogP contribution < -0.4 is 0 Å². The standard InChI is InChI=1S/C11H15S/c1-3-9(2)8-10-6-4-5-7-11(10)12/h4-7,9H,3,8H2,1-2H3. The molecule has 1 rings (SSSR count). The van der Waals surface area contributed by atoms with Crippen LogP contribution in [0.3, 0.4) is 0 Å². The molecule has 0 amide bonds. The lowest BCUT2D eigenvalue weighted by molar-refractivity contribution is 0.556. The monoisotopic (exact) mass is 179 g/mol. The molecular weight excluding hydrogens is 164 g/mol. The molecule has 1 aromatic rings. The number of benzene rings is 1. The van der Waals surface area contributed by atoms with E-state index in [9.17, 15) is 0 Å². The smallest absolute Gasteiger partial charge is 0.0409 e. The van der Waals surface area contributed by atoms with E-state index in [-0.39, 0.29) is 0 Å². The molecule has 1 atom stereocenters. The number of rotatable bonds is 3. The third-order valence-corrected chi connectivity index (χ3v) is 2.64. The van der Waals surface area contributed by atoms with Gasteiger partial charge in [0.2, 0.25) is 0 Å². The van der Waals surface area contributed by atoms with Gasteiger partial charge in [0.05, 0.1) is 0 Å². The zero-order chi connectivity index (χ0) is 8.97. The highest BCUT2D eigenvalue weighted by molar-refractivity contribution is 7.80. The lowest BCUT2D eigenvalue weighted by atomic mass is 9.99. The maximum absolute atomic E-state index is 5.22. The molecule has 1 aromatic carbocycles. The van der Waals surface area contributed by atoms with Gasteiger partial charge in [-0.15, -0.1) is 0 Å². The topological polar surface area (TPSA) is 0 Å². The molecule has 0 saturated carbocycles. The van der Waals surface area contributed by atoms with Crippen LogP contribution in [0, 0.1) is 5.92 Å². The number of hydrogen-bond acceptors (Lipinski definition) is 0. The van der Waals surface area contributed by atoms with Gasteiger partial charge in [-0.05, 0) is 24.0 Å². The maximum Gasteiger partial charge on any atom is 0.0409 e. The lowest BCUT2D eigenvalue weighted by Gasteiger charge is -2.09. The second-order valence-electron chi connectivity index (χ2n) is 3.33. The minimum Gasteiger partial charge on any atom is -0.0798 e. The third-order valence-electron chi connectivity index (χ3n) is 2.24. The van der Waals surface area contributed by atoms with E-state index in [4.69, 9.17) is 12.6 Å². The van der Waals surface area contributed by atoms with Gasteiger partial charge in [-0.1, -0.05) is 51.1 Å². The Bertz CT molecular complexity index is 243. The molecule has 0 aliphatic rings. The summed E-state index contributed by atoms with van der Waals surface area (Å²) in [5.74, 6) is 0.745. The average molecular weight is 179 g/mol. The fourth-order valence-electron chi connectivity index (χ4n) is 1.19. The Morgan fingerprint density at radius 3 is 2.58 bits per heavy atom. The minimum atomic E-state index is 0.745. The normalized spacial score (nSPS) is 12.8. The molecule has 0 spiro atoms. The van der Waals surface area contributed by atoms with E-state index in [1.165, 1.54) is 12.0 Å². The van der Waals surface area contributed by atoms with Crippen molar-refractivity contribution in [3.05, 3.63) is 29.8 Å². The van der Waals surface area contributed by atoms with Crippen molar-refractivity contribution in [2.75, 3.05) is 0 Å². The first-order valence-corrected chi connectivity index (χ1v) is 4.89. The zero-order valence-electron chi connectivity index (χ0n) is 7.71. The van der Waals surface area contributed by atoms with Crippen molar-refractivity contribution in [3.63, 3.8) is 0 Å². The summed E-state index contributed by atoms with van der Waals surface area (Å²) in [7, 11) is 0. The van der Waals surface area contributed by atoms with E-state index in [1.807, 2.05) is 12.1 Å². The lowest BCUT2D eigenvalue weighted by Crippen LogP contribution is -1.98. The van der Waals surface area contributed by atoms with Crippen LogP contribution in [0.4, 0.5) is 0 Å². The van der Waals surface area contributed by atoms with Crippen LogP contribution in [-0.2, 0) is 6.42 Å². The largest absolute Gasteiger partial charge is 0.0798 e. The van der Waals surface area contributed by atoms with E-state index in [1.54, 1.807) is 0 Å². The highest BCUT2D eigenvalue weighted by Crippen LogP contribution is 2.18. The summed E-state index contributed by atoms with van der Waals surface area (Å²) in [6.45, 7) is 4.48. The summed E-state index contributed by atoms with van der Waals surface area (Å²) >= 11 is 5.22. The highest BCUT2D eigenvalue weighted by Gasteiger charge is 2.03. The molecule has 0 nitrogen and oxygen atoms in total. The fourth-order valence-corrected chi connectivity index (χ4v) is 1.42. The summed E-state index contributed by atoms with van der Waals surface area (Å²) < 4.78 is 0. The molecule has 12 heavy (non-hydrogen) atoms. The molecule has 0 aliphatic heterocycles. The molecule has 1 unspecified atom stereocenters. The zero-order valence-corrected chi connectivity index (χ0v) is 8.53. The summed E-state index contributed by atoms with van der Waals surface area (Å²) in [5.41, 5.74) is 1.32. The Morgan fingerprint density at radius 1 is 1.33 bits per heavy atom. The Hall–Kier alpha value is -0.560. The van der Waals surface area contributed by atoms with Crippen molar-refractivity contribution < 1.29 is 0 Å². The van der Waals surface area contributed by atoms with Crippen LogP contribution in [0.15, 0.2) is 29.2 Å². The van der Waals surface area contributed by atoms with E-state index in [2.05, 4.69) is 26.0 Å². The molecule has 1 heteroatoms. The second kappa shape index (κ2) is 4.46. The first-order valence-electron chi connectivity index (χ1n) is 4.49. The predicted octanol–water partition coefficient (Wildman–Crippen LogP) is 3.83. The minimum absolute atomic E-state index is 0.745. The van der Waals surface area contributed by atoms with Gasteiger partial charge in [0, 0.05) is 4.90 Å². The molecule has 0 aromatic heterocycles. The SMILES string of the molecule is CCC(C)Cc1ccccc1[S]. The Morgan fingerprint density at radius 2 is 2.00 bits per heavy atom. The van der Waals surface area contributed by atoms with Gasteiger partial charge < -0.3 is 0 Å². The van der Waals surface area contributed by atoms with E-state index >= 15 is 0 Å². The van der Waals surface area contributed by atoms with Crippen LogP contribution in [0.1, 0.15) is 25.8 Å². The molecular formula is C11H15S. The van der Waals surface area contributed by atoms with Crippen LogP contribution in [0.25, 0.3) is 0 Å². The molecule has 0 aliphatic carbocycles. The molecule has 0 fully saturated rings. The van der Waals surface area contributed by atoms with Gasteiger partial charge in [0.15, 0.2) is 0 Å².